The summed E-state index contributed by atoms with van der Waals surface area (Å²) in [6, 6.07) is 17.4. The van der Waals surface area contributed by atoms with Crippen molar-refractivity contribution in [1.82, 2.24) is 30.1 Å². The van der Waals surface area contributed by atoms with E-state index in [1.807, 2.05) is 54.9 Å². The third kappa shape index (κ3) is 6.89. The molecule has 0 unspecified atom stereocenters. The van der Waals surface area contributed by atoms with Crippen LogP contribution in [0.15, 0.2) is 73.3 Å². The smallest absolute Gasteiger partial charge is 0.252 e. The molecule has 202 valence electrons. The van der Waals surface area contributed by atoms with Crippen molar-refractivity contribution in [3.63, 3.8) is 0 Å². The SMILES string of the molecule is O=C(NCCCN1CCCC1)c1cncc(-c2ccccc2C(=O)NCCCCn2cnc3ccccc32)c1. The minimum absolute atomic E-state index is 0.129. The fraction of sp³-hybridized carbons (Fsp3) is 0.355. The lowest BCUT2D eigenvalue weighted by atomic mass is 9.99. The molecule has 3 heterocycles. The molecule has 0 aliphatic carbocycles. The number of nitrogens with zero attached hydrogens (tertiary/aromatic N) is 4. The van der Waals surface area contributed by atoms with Crippen LogP contribution in [0.2, 0.25) is 0 Å². The van der Waals surface area contributed by atoms with Crippen LogP contribution in [-0.4, -0.2) is 64.0 Å². The summed E-state index contributed by atoms with van der Waals surface area (Å²) in [7, 11) is 0. The van der Waals surface area contributed by atoms with Crippen molar-refractivity contribution in [2.45, 2.75) is 38.6 Å². The Hall–Kier alpha value is -4.04. The van der Waals surface area contributed by atoms with E-state index >= 15 is 0 Å². The maximum Gasteiger partial charge on any atom is 0.252 e. The number of amides is 2. The molecule has 0 atom stereocenters. The lowest BCUT2D eigenvalue weighted by Gasteiger charge is -2.14. The van der Waals surface area contributed by atoms with Gasteiger partial charge in [-0.2, -0.15) is 0 Å². The molecule has 2 amide bonds. The minimum atomic E-state index is -0.140. The number of hydrogen-bond acceptors (Lipinski definition) is 5. The Bertz CT molecular complexity index is 1410. The summed E-state index contributed by atoms with van der Waals surface area (Å²) in [4.78, 5) is 37.0. The van der Waals surface area contributed by atoms with Crippen LogP contribution in [0.1, 0.15) is 52.8 Å². The van der Waals surface area contributed by atoms with Crippen molar-refractivity contribution in [2.24, 2.45) is 0 Å². The lowest BCUT2D eigenvalue weighted by Crippen LogP contribution is -2.28. The van der Waals surface area contributed by atoms with Gasteiger partial charge in [0.2, 0.25) is 0 Å². The number of fused-ring (bicyclic) bond motifs is 1. The number of hydrogen-bond donors (Lipinski definition) is 2. The van der Waals surface area contributed by atoms with Crippen molar-refractivity contribution in [3.05, 3.63) is 84.4 Å². The first-order valence-electron chi connectivity index (χ1n) is 13.9. The van der Waals surface area contributed by atoms with Crippen LogP contribution in [0.4, 0.5) is 0 Å². The molecular formula is C31H36N6O2. The Morgan fingerprint density at radius 2 is 1.59 bits per heavy atom. The summed E-state index contributed by atoms with van der Waals surface area (Å²) in [5.74, 6) is -0.270. The van der Waals surface area contributed by atoms with Gasteiger partial charge in [0.05, 0.1) is 22.9 Å². The van der Waals surface area contributed by atoms with Gasteiger partial charge in [0, 0.05) is 43.2 Å². The van der Waals surface area contributed by atoms with Crippen molar-refractivity contribution in [2.75, 3.05) is 32.7 Å². The standard InChI is InChI=1S/C31H36N6O2/c38-30(33-15-9-18-36-16-7-8-17-36)25-20-24(21-32-22-25)26-10-1-2-11-27(26)31(39)34-14-5-6-19-37-23-35-28-12-3-4-13-29(28)37/h1-4,10-13,20-23H,5-9,14-19H2,(H,33,38)(H,34,39). The summed E-state index contributed by atoms with van der Waals surface area (Å²) >= 11 is 0. The third-order valence-electron chi connectivity index (χ3n) is 7.26. The van der Waals surface area contributed by atoms with Crippen molar-refractivity contribution >= 4 is 22.8 Å². The number of aryl methyl sites for hydroxylation is 1. The van der Waals surface area contributed by atoms with Gasteiger partial charge in [0.15, 0.2) is 0 Å². The Labute approximate surface area is 229 Å². The predicted molar refractivity (Wildman–Crippen MR) is 154 cm³/mol. The molecule has 1 aliphatic rings. The Balaban J connectivity index is 1.13. The Morgan fingerprint density at radius 3 is 2.49 bits per heavy atom. The molecule has 2 N–H and O–H groups in total. The van der Waals surface area contributed by atoms with Crippen LogP contribution < -0.4 is 10.6 Å². The van der Waals surface area contributed by atoms with E-state index in [4.69, 9.17) is 0 Å². The molecule has 1 fully saturated rings. The van der Waals surface area contributed by atoms with Gasteiger partial charge in [-0.15, -0.1) is 0 Å². The first-order chi connectivity index (χ1) is 19.2. The number of likely N-dealkylation sites (tertiary alicyclic amines) is 1. The minimum Gasteiger partial charge on any atom is -0.352 e. The lowest BCUT2D eigenvalue weighted by molar-refractivity contribution is 0.0945. The van der Waals surface area contributed by atoms with Crippen molar-refractivity contribution < 1.29 is 9.59 Å². The summed E-state index contributed by atoms with van der Waals surface area (Å²) in [6.07, 6.45) is 10.4. The van der Waals surface area contributed by atoms with Gasteiger partial charge in [-0.3, -0.25) is 14.6 Å². The molecule has 39 heavy (non-hydrogen) atoms. The van der Waals surface area contributed by atoms with E-state index in [0.29, 0.717) is 24.2 Å². The predicted octanol–water partition coefficient (Wildman–Crippen LogP) is 4.52. The molecule has 2 aromatic heterocycles. The number of pyridine rings is 1. The first-order valence-corrected chi connectivity index (χ1v) is 13.9. The van der Waals surface area contributed by atoms with E-state index in [0.717, 1.165) is 67.6 Å². The molecule has 1 saturated heterocycles. The highest BCUT2D eigenvalue weighted by Crippen LogP contribution is 2.24. The average Bonchev–Trinajstić information content (AvgIpc) is 3.65. The van der Waals surface area contributed by atoms with Gasteiger partial charge in [-0.1, -0.05) is 30.3 Å². The first kappa shape index (κ1) is 26.6. The molecule has 0 saturated carbocycles. The molecule has 0 bridgehead atoms. The van der Waals surface area contributed by atoms with Gasteiger partial charge >= 0.3 is 0 Å². The molecule has 8 nitrogen and oxygen atoms in total. The fourth-order valence-corrected chi connectivity index (χ4v) is 5.15. The second-order valence-corrected chi connectivity index (χ2v) is 10.1. The van der Waals surface area contributed by atoms with Crippen LogP contribution in [0.5, 0.6) is 0 Å². The highest BCUT2D eigenvalue weighted by molar-refractivity contribution is 6.01. The highest BCUT2D eigenvalue weighted by Gasteiger charge is 2.15. The number of carbonyl (C=O) groups excluding carboxylic acids is 2. The topological polar surface area (TPSA) is 92.1 Å². The summed E-state index contributed by atoms with van der Waals surface area (Å²) < 4.78 is 2.15. The molecule has 1 aliphatic heterocycles. The molecule has 5 rings (SSSR count). The van der Waals surface area contributed by atoms with E-state index in [9.17, 15) is 9.59 Å². The molecule has 0 spiro atoms. The molecule has 8 heteroatoms. The number of rotatable bonds is 12. The van der Waals surface area contributed by atoms with Crippen LogP contribution in [-0.2, 0) is 6.54 Å². The van der Waals surface area contributed by atoms with Crippen molar-refractivity contribution in [1.29, 1.82) is 0 Å². The summed E-state index contributed by atoms with van der Waals surface area (Å²) in [5, 5.41) is 6.06. The third-order valence-corrected chi connectivity index (χ3v) is 7.26. The quantitative estimate of drug-likeness (QED) is 0.266. The van der Waals surface area contributed by atoms with Crippen LogP contribution in [0.25, 0.3) is 22.2 Å². The van der Waals surface area contributed by atoms with E-state index in [1.165, 1.54) is 12.8 Å². The van der Waals surface area contributed by atoms with Gasteiger partial charge in [-0.05, 0) is 81.6 Å². The van der Waals surface area contributed by atoms with Crippen LogP contribution >= 0.6 is 0 Å². The zero-order valence-corrected chi connectivity index (χ0v) is 22.3. The normalized spacial score (nSPS) is 13.5. The number of unbranched alkanes of at least 4 members (excludes halogenated alkanes) is 1. The number of imidazole rings is 1. The summed E-state index contributed by atoms with van der Waals surface area (Å²) in [5.41, 5.74) is 4.70. The van der Waals surface area contributed by atoms with Crippen LogP contribution in [0.3, 0.4) is 0 Å². The van der Waals surface area contributed by atoms with Gasteiger partial charge in [0.1, 0.15) is 0 Å². The van der Waals surface area contributed by atoms with Gasteiger partial charge < -0.3 is 20.1 Å². The van der Waals surface area contributed by atoms with Crippen molar-refractivity contribution in [3.8, 4) is 11.1 Å². The second kappa shape index (κ2) is 13.2. The molecule has 4 aromatic rings. The van der Waals surface area contributed by atoms with Crippen LogP contribution in [0, 0.1) is 0 Å². The largest absolute Gasteiger partial charge is 0.352 e. The maximum atomic E-state index is 13.1. The molecule has 2 aromatic carbocycles. The second-order valence-electron chi connectivity index (χ2n) is 10.1. The zero-order chi connectivity index (χ0) is 26.9. The zero-order valence-electron chi connectivity index (χ0n) is 22.3. The monoisotopic (exact) mass is 524 g/mol. The number of aromatic nitrogens is 3. The Morgan fingerprint density at radius 1 is 0.821 bits per heavy atom. The summed E-state index contributed by atoms with van der Waals surface area (Å²) in [6.45, 7) is 5.41. The number of carbonyl (C=O) groups is 2. The molecular weight excluding hydrogens is 488 g/mol. The van der Waals surface area contributed by atoms with E-state index < -0.39 is 0 Å². The van der Waals surface area contributed by atoms with E-state index in [2.05, 4.69) is 36.1 Å². The average molecular weight is 525 g/mol. The number of nitrogens with one attached hydrogen (secondary N) is 2. The van der Waals surface area contributed by atoms with E-state index in [-0.39, 0.29) is 11.8 Å². The fourth-order valence-electron chi connectivity index (χ4n) is 5.15. The Kier molecular flexibility index (Phi) is 8.96. The molecule has 0 radical (unpaired) electrons. The number of para-hydroxylation sites is 2. The van der Waals surface area contributed by atoms with Gasteiger partial charge in [0.25, 0.3) is 11.8 Å². The highest BCUT2D eigenvalue weighted by atomic mass is 16.2. The number of benzene rings is 2. The maximum absolute atomic E-state index is 13.1. The van der Waals surface area contributed by atoms with Gasteiger partial charge in [-0.25, -0.2) is 4.98 Å². The van der Waals surface area contributed by atoms with E-state index in [1.54, 1.807) is 12.4 Å².